The standard InChI is InChI=1S/C11H11N3O/c1-14-6-4-10(13-14)7-11(15)9-3-2-5-12-8-9/h2-6,8H,7H2,1H3. The predicted molar refractivity (Wildman–Crippen MR) is 55.5 cm³/mol. The zero-order valence-electron chi connectivity index (χ0n) is 8.42. The Kier molecular flexibility index (Phi) is 2.58. The minimum atomic E-state index is 0.0433. The van der Waals surface area contributed by atoms with Crippen molar-refractivity contribution in [2.75, 3.05) is 0 Å². The lowest BCUT2D eigenvalue weighted by molar-refractivity contribution is 0.0991. The summed E-state index contributed by atoms with van der Waals surface area (Å²) in [5.41, 5.74) is 1.41. The number of Topliss-reactive ketones (excluding diaryl/α,β-unsaturated/α-hetero) is 1. The van der Waals surface area contributed by atoms with E-state index in [9.17, 15) is 4.79 Å². The van der Waals surface area contributed by atoms with E-state index in [-0.39, 0.29) is 5.78 Å². The Hall–Kier alpha value is -1.97. The van der Waals surface area contributed by atoms with Crippen molar-refractivity contribution >= 4 is 5.78 Å². The summed E-state index contributed by atoms with van der Waals surface area (Å²) in [7, 11) is 1.83. The van der Waals surface area contributed by atoms with Crippen LogP contribution in [0.5, 0.6) is 0 Å². The Bertz CT molecular complexity index is 462. The fraction of sp³-hybridized carbons (Fsp3) is 0.182. The van der Waals surface area contributed by atoms with Gasteiger partial charge in [-0.2, -0.15) is 5.10 Å². The third-order valence-electron chi connectivity index (χ3n) is 2.09. The van der Waals surface area contributed by atoms with E-state index in [1.165, 1.54) is 0 Å². The van der Waals surface area contributed by atoms with E-state index in [0.29, 0.717) is 12.0 Å². The number of nitrogens with zero attached hydrogens (tertiary/aromatic N) is 3. The van der Waals surface area contributed by atoms with Gasteiger partial charge in [-0.15, -0.1) is 0 Å². The highest BCUT2D eigenvalue weighted by Crippen LogP contribution is 2.03. The maximum absolute atomic E-state index is 11.7. The first-order valence-electron chi connectivity index (χ1n) is 4.67. The first-order chi connectivity index (χ1) is 7.25. The van der Waals surface area contributed by atoms with Gasteiger partial charge in [-0.05, 0) is 18.2 Å². The van der Waals surface area contributed by atoms with Crippen molar-refractivity contribution in [3.05, 3.63) is 48.0 Å². The van der Waals surface area contributed by atoms with Crippen molar-refractivity contribution < 1.29 is 4.79 Å². The number of rotatable bonds is 3. The Balaban J connectivity index is 2.11. The first-order valence-corrected chi connectivity index (χ1v) is 4.67. The second-order valence-electron chi connectivity index (χ2n) is 3.32. The largest absolute Gasteiger partial charge is 0.294 e. The number of ketones is 1. The maximum atomic E-state index is 11.7. The van der Waals surface area contributed by atoms with Crippen molar-refractivity contribution in [2.45, 2.75) is 6.42 Å². The summed E-state index contributed by atoms with van der Waals surface area (Å²) in [5, 5.41) is 4.15. The summed E-state index contributed by atoms with van der Waals surface area (Å²) < 4.78 is 1.69. The van der Waals surface area contributed by atoms with Crippen LogP contribution < -0.4 is 0 Å². The molecule has 0 spiro atoms. The fourth-order valence-electron chi connectivity index (χ4n) is 1.35. The van der Waals surface area contributed by atoms with E-state index in [2.05, 4.69) is 10.1 Å². The Labute approximate surface area is 87.6 Å². The molecule has 0 amide bonds. The van der Waals surface area contributed by atoms with Crippen LogP contribution in [0.25, 0.3) is 0 Å². The molecule has 0 aliphatic rings. The number of carbonyl (C=O) groups excluding carboxylic acids is 1. The molecule has 0 aliphatic carbocycles. The predicted octanol–water partition coefficient (Wildman–Crippen LogP) is 1.24. The summed E-state index contributed by atoms with van der Waals surface area (Å²) in [4.78, 5) is 15.6. The third-order valence-corrected chi connectivity index (χ3v) is 2.09. The second kappa shape index (κ2) is 4.04. The first kappa shape index (κ1) is 9.58. The van der Waals surface area contributed by atoms with Gasteiger partial charge >= 0.3 is 0 Å². The van der Waals surface area contributed by atoms with E-state index in [1.54, 1.807) is 29.2 Å². The lowest BCUT2D eigenvalue weighted by atomic mass is 10.1. The van der Waals surface area contributed by atoms with Crippen molar-refractivity contribution in [3.8, 4) is 0 Å². The number of hydrogen-bond donors (Lipinski definition) is 0. The van der Waals surface area contributed by atoms with Crippen LogP contribution in [0.3, 0.4) is 0 Å². The van der Waals surface area contributed by atoms with Crippen LogP contribution in [0.4, 0.5) is 0 Å². The van der Waals surface area contributed by atoms with Gasteiger partial charge in [0.15, 0.2) is 5.78 Å². The van der Waals surface area contributed by atoms with Crippen molar-refractivity contribution in [2.24, 2.45) is 7.05 Å². The Morgan fingerprint density at radius 3 is 2.93 bits per heavy atom. The molecule has 4 nitrogen and oxygen atoms in total. The summed E-state index contributed by atoms with van der Waals surface area (Å²) in [6.45, 7) is 0. The van der Waals surface area contributed by atoms with Gasteiger partial charge in [0.25, 0.3) is 0 Å². The average Bonchev–Trinajstić information content (AvgIpc) is 2.65. The molecular formula is C11H11N3O. The van der Waals surface area contributed by atoms with Crippen LogP contribution in [-0.2, 0) is 13.5 Å². The molecule has 0 saturated heterocycles. The van der Waals surface area contributed by atoms with Crippen molar-refractivity contribution in [1.82, 2.24) is 14.8 Å². The Morgan fingerprint density at radius 2 is 2.33 bits per heavy atom. The molecule has 0 bridgehead atoms. The number of hydrogen-bond acceptors (Lipinski definition) is 3. The van der Waals surface area contributed by atoms with E-state index in [0.717, 1.165) is 5.69 Å². The quantitative estimate of drug-likeness (QED) is 0.702. The molecule has 0 saturated carbocycles. The van der Waals surface area contributed by atoms with Gasteiger partial charge in [0.1, 0.15) is 0 Å². The second-order valence-corrected chi connectivity index (χ2v) is 3.32. The smallest absolute Gasteiger partial charge is 0.170 e. The molecule has 2 rings (SSSR count). The molecule has 76 valence electrons. The minimum Gasteiger partial charge on any atom is -0.294 e. The Morgan fingerprint density at radius 1 is 1.47 bits per heavy atom. The van der Waals surface area contributed by atoms with Crippen LogP contribution in [-0.4, -0.2) is 20.5 Å². The molecule has 0 aromatic carbocycles. The van der Waals surface area contributed by atoms with Crippen LogP contribution in [0.2, 0.25) is 0 Å². The third kappa shape index (κ3) is 2.28. The summed E-state index contributed by atoms with van der Waals surface area (Å²) in [6, 6.07) is 5.36. The molecule has 0 atom stereocenters. The molecule has 0 N–H and O–H groups in total. The number of carbonyl (C=O) groups is 1. The average molecular weight is 201 g/mol. The normalized spacial score (nSPS) is 10.2. The molecule has 0 aliphatic heterocycles. The fourth-order valence-corrected chi connectivity index (χ4v) is 1.35. The molecule has 2 aromatic rings. The maximum Gasteiger partial charge on any atom is 0.170 e. The van der Waals surface area contributed by atoms with Gasteiger partial charge in [-0.1, -0.05) is 0 Å². The highest BCUT2D eigenvalue weighted by molar-refractivity contribution is 5.96. The van der Waals surface area contributed by atoms with Gasteiger partial charge in [0, 0.05) is 31.2 Å². The molecule has 2 aromatic heterocycles. The lowest BCUT2D eigenvalue weighted by Crippen LogP contribution is -2.04. The number of aromatic nitrogens is 3. The van der Waals surface area contributed by atoms with Crippen LogP contribution in [0.1, 0.15) is 16.1 Å². The zero-order chi connectivity index (χ0) is 10.7. The lowest BCUT2D eigenvalue weighted by Gasteiger charge is -1.96. The van der Waals surface area contributed by atoms with Gasteiger partial charge in [0.05, 0.1) is 12.1 Å². The molecule has 0 radical (unpaired) electrons. The summed E-state index contributed by atoms with van der Waals surface area (Å²) >= 11 is 0. The van der Waals surface area contributed by atoms with Crippen molar-refractivity contribution in [1.29, 1.82) is 0 Å². The van der Waals surface area contributed by atoms with Gasteiger partial charge < -0.3 is 0 Å². The monoisotopic (exact) mass is 201 g/mol. The number of pyridine rings is 1. The molecule has 15 heavy (non-hydrogen) atoms. The van der Waals surface area contributed by atoms with Gasteiger partial charge in [-0.25, -0.2) is 0 Å². The van der Waals surface area contributed by atoms with E-state index < -0.39 is 0 Å². The van der Waals surface area contributed by atoms with Crippen LogP contribution in [0, 0.1) is 0 Å². The minimum absolute atomic E-state index is 0.0433. The molecule has 0 fully saturated rings. The topological polar surface area (TPSA) is 47.8 Å². The molecule has 2 heterocycles. The van der Waals surface area contributed by atoms with Crippen LogP contribution >= 0.6 is 0 Å². The highest BCUT2D eigenvalue weighted by atomic mass is 16.1. The summed E-state index contributed by atoms with van der Waals surface area (Å²) in [6.07, 6.45) is 5.38. The molecule has 4 heteroatoms. The number of aryl methyl sites for hydroxylation is 1. The van der Waals surface area contributed by atoms with Gasteiger partial charge in [-0.3, -0.25) is 14.5 Å². The van der Waals surface area contributed by atoms with Crippen LogP contribution in [0.15, 0.2) is 36.8 Å². The SMILES string of the molecule is Cn1ccc(CC(=O)c2cccnc2)n1. The van der Waals surface area contributed by atoms with Crippen molar-refractivity contribution in [3.63, 3.8) is 0 Å². The zero-order valence-corrected chi connectivity index (χ0v) is 8.42. The summed E-state index contributed by atoms with van der Waals surface area (Å²) in [5.74, 6) is 0.0433. The van der Waals surface area contributed by atoms with E-state index >= 15 is 0 Å². The highest BCUT2D eigenvalue weighted by Gasteiger charge is 2.08. The van der Waals surface area contributed by atoms with Gasteiger partial charge in [0.2, 0.25) is 0 Å². The van der Waals surface area contributed by atoms with E-state index in [4.69, 9.17) is 0 Å². The molecular weight excluding hydrogens is 190 g/mol. The molecule has 0 unspecified atom stereocenters. The van der Waals surface area contributed by atoms with E-state index in [1.807, 2.05) is 19.3 Å².